The smallest absolute Gasteiger partial charge is 0.407 e. The molecule has 0 radical (unpaired) electrons. The minimum Gasteiger partial charge on any atom is -0.443 e. The van der Waals surface area contributed by atoms with E-state index in [1.807, 2.05) is 34.6 Å². The van der Waals surface area contributed by atoms with Crippen molar-refractivity contribution < 1.29 is 19.1 Å². The second-order valence-corrected chi connectivity index (χ2v) is 7.17. The molecule has 0 aliphatic carbocycles. The Labute approximate surface area is 140 Å². The number of aliphatic imine (C=N–C) groups is 1. The Hall–Kier alpha value is -1.39. The summed E-state index contributed by atoms with van der Waals surface area (Å²) in [6, 6.07) is 0. The average Bonchev–Trinajstić information content (AvgIpc) is 2.39. The molecule has 134 valence electrons. The van der Waals surface area contributed by atoms with E-state index >= 15 is 0 Å². The number of nitrogens with zero attached hydrogens (tertiary/aromatic N) is 1. The van der Waals surface area contributed by atoms with Crippen LogP contribution in [0, 0.1) is 0 Å². The van der Waals surface area contributed by atoms with E-state index < -0.39 is 11.7 Å². The fourth-order valence-corrected chi connectivity index (χ4v) is 1.85. The van der Waals surface area contributed by atoms with Gasteiger partial charge in [-0.3, -0.25) is 0 Å². The molecular formula is C17H32N2O4. The van der Waals surface area contributed by atoms with E-state index in [1.54, 1.807) is 0 Å². The third kappa shape index (κ3) is 15.3. The lowest BCUT2D eigenvalue weighted by molar-refractivity contribution is -0.0401. The van der Waals surface area contributed by atoms with Crippen LogP contribution in [0.4, 0.5) is 4.79 Å². The van der Waals surface area contributed by atoms with Gasteiger partial charge in [0.15, 0.2) is 0 Å². The SMILES string of the molecule is CC(C)(C)OCCC(C)(C)OC(=O)NCCCCCCN=C=O. The highest BCUT2D eigenvalue weighted by molar-refractivity contribution is 5.67. The van der Waals surface area contributed by atoms with Crippen LogP contribution in [-0.4, -0.2) is 43.1 Å². The second kappa shape index (κ2) is 11.2. The molecule has 1 amide bonds. The van der Waals surface area contributed by atoms with Crippen LogP contribution >= 0.6 is 0 Å². The highest BCUT2D eigenvalue weighted by Gasteiger charge is 2.23. The van der Waals surface area contributed by atoms with Gasteiger partial charge in [0.1, 0.15) is 5.60 Å². The third-order valence-electron chi connectivity index (χ3n) is 3.14. The van der Waals surface area contributed by atoms with Gasteiger partial charge in [-0.15, -0.1) is 0 Å². The topological polar surface area (TPSA) is 77.0 Å². The summed E-state index contributed by atoms with van der Waals surface area (Å²) in [6.45, 7) is 11.4. The van der Waals surface area contributed by atoms with Crippen molar-refractivity contribution in [2.75, 3.05) is 19.7 Å². The summed E-state index contributed by atoms with van der Waals surface area (Å²) in [4.78, 5) is 25.1. The van der Waals surface area contributed by atoms with Crippen molar-refractivity contribution in [2.45, 2.75) is 77.9 Å². The molecule has 0 heterocycles. The summed E-state index contributed by atoms with van der Waals surface area (Å²) in [5.41, 5.74) is -0.739. The summed E-state index contributed by atoms with van der Waals surface area (Å²) in [6.07, 6.45) is 5.50. The molecule has 23 heavy (non-hydrogen) atoms. The van der Waals surface area contributed by atoms with Gasteiger partial charge in [0.2, 0.25) is 6.08 Å². The van der Waals surface area contributed by atoms with E-state index in [9.17, 15) is 9.59 Å². The molecule has 0 bridgehead atoms. The van der Waals surface area contributed by atoms with Crippen molar-refractivity contribution in [3.05, 3.63) is 0 Å². The fraction of sp³-hybridized carbons (Fsp3) is 0.882. The number of isocyanates is 1. The van der Waals surface area contributed by atoms with Gasteiger partial charge in [0.05, 0.1) is 18.8 Å². The quantitative estimate of drug-likeness (QED) is 0.357. The minimum atomic E-state index is -0.553. The number of rotatable bonds is 11. The van der Waals surface area contributed by atoms with Gasteiger partial charge < -0.3 is 14.8 Å². The van der Waals surface area contributed by atoms with Crippen LogP contribution in [0.5, 0.6) is 0 Å². The molecule has 0 fully saturated rings. The van der Waals surface area contributed by atoms with Gasteiger partial charge in [0.25, 0.3) is 0 Å². The minimum absolute atomic E-state index is 0.185. The van der Waals surface area contributed by atoms with Crippen molar-refractivity contribution in [2.24, 2.45) is 4.99 Å². The van der Waals surface area contributed by atoms with Crippen molar-refractivity contribution in [3.8, 4) is 0 Å². The van der Waals surface area contributed by atoms with Crippen LogP contribution < -0.4 is 5.32 Å². The zero-order valence-corrected chi connectivity index (χ0v) is 15.2. The summed E-state index contributed by atoms with van der Waals surface area (Å²) >= 11 is 0. The molecule has 0 rings (SSSR count). The standard InChI is InChI=1S/C17H32N2O4/c1-16(2,3)22-13-10-17(4,5)23-15(21)19-12-9-7-6-8-11-18-14-20/h6-13H2,1-5H3,(H,19,21). The lowest BCUT2D eigenvalue weighted by Crippen LogP contribution is -2.36. The lowest BCUT2D eigenvalue weighted by atomic mass is 10.1. The number of amides is 1. The number of ether oxygens (including phenoxy) is 2. The maximum atomic E-state index is 11.8. The zero-order chi connectivity index (χ0) is 17.8. The largest absolute Gasteiger partial charge is 0.443 e. The van der Waals surface area contributed by atoms with Crippen LogP contribution in [-0.2, 0) is 14.3 Å². The third-order valence-corrected chi connectivity index (χ3v) is 3.14. The average molecular weight is 328 g/mol. The summed E-state index contributed by atoms with van der Waals surface area (Å²) < 4.78 is 11.1. The first kappa shape index (κ1) is 21.6. The fourth-order valence-electron chi connectivity index (χ4n) is 1.85. The highest BCUT2D eigenvalue weighted by atomic mass is 16.6. The van der Waals surface area contributed by atoms with E-state index in [0.717, 1.165) is 25.7 Å². The number of carbonyl (C=O) groups is 1. The zero-order valence-electron chi connectivity index (χ0n) is 15.2. The molecule has 0 unspecified atom stereocenters. The Morgan fingerprint density at radius 3 is 2.35 bits per heavy atom. The maximum absolute atomic E-state index is 11.8. The number of hydrogen-bond acceptors (Lipinski definition) is 5. The normalized spacial score (nSPS) is 11.7. The number of alkyl carbamates (subject to hydrolysis) is 1. The Morgan fingerprint density at radius 2 is 1.74 bits per heavy atom. The number of nitrogens with one attached hydrogen (secondary N) is 1. The predicted molar refractivity (Wildman–Crippen MR) is 90.3 cm³/mol. The Morgan fingerprint density at radius 1 is 1.09 bits per heavy atom. The molecule has 0 atom stereocenters. The monoisotopic (exact) mass is 328 g/mol. The maximum Gasteiger partial charge on any atom is 0.407 e. The summed E-state index contributed by atoms with van der Waals surface area (Å²) in [5, 5.41) is 2.76. The first-order valence-electron chi connectivity index (χ1n) is 8.31. The van der Waals surface area contributed by atoms with E-state index in [1.165, 1.54) is 6.08 Å². The first-order valence-corrected chi connectivity index (χ1v) is 8.31. The molecule has 0 saturated carbocycles. The Balaban J connectivity index is 3.72. The van der Waals surface area contributed by atoms with Gasteiger partial charge in [-0.25, -0.2) is 14.6 Å². The van der Waals surface area contributed by atoms with Crippen molar-refractivity contribution >= 4 is 12.2 Å². The van der Waals surface area contributed by atoms with E-state index in [4.69, 9.17) is 9.47 Å². The van der Waals surface area contributed by atoms with Crippen molar-refractivity contribution in [1.29, 1.82) is 0 Å². The van der Waals surface area contributed by atoms with Gasteiger partial charge >= 0.3 is 6.09 Å². The van der Waals surface area contributed by atoms with E-state index in [-0.39, 0.29) is 5.60 Å². The second-order valence-electron chi connectivity index (χ2n) is 7.17. The molecule has 0 aliphatic heterocycles. The summed E-state index contributed by atoms with van der Waals surface area (Å²) in [7, 11) is 0. The van der Waals surface area contributed by atoms with Gasteiger partial charge in [0, 0.05) is 13.0 Å². The molecule has 1 N–H and O–H groups in total. The van der Waals surface area contributed by atoms with Crippen LogP contribution in [0.2, 0.25) is 0 Å². The first-order chi connectivity index (χ1) is 10.7. The highest BCUT2D eigenvalue weighted by Crippen LogP contribution is 2.17. The van der Waals surface area contributed by atoms with Crippen molar-refractivity contribution in [1.82, 2.24) is 5.32 Å². The molecule has 0 aromatic rings. The van der Waals surface area contributed by atoms with Crippen LogP contribution in [0.25, 0.3) is 0 Å². The Kier molecular flexibility index (Phi) is 10.5. The molecule has 0 spiro atoms. The molecule has 0 aliphatic rings. The molecule has 0 saturated heterocycles. The molecule has 6 nitrogen and oxygen atoms in total. The van der Waals surface area contributed by atoms with Gasteiger partial charge in [-0.05, 0) is 47.5 Å². The van der Waals surface area contributed by atoms with Crippen LogP contribution in [0.1, 0.15) is 66.7 Å². The molecule has 0 aromatic heterocycles. The lowest BCUT2D eigenvalue weighted by Gasteiger charge is -2.27. The van der Waals surface area contributed by atoms with Gasteiger partial charge in [-0.1, -0.05) is 12.8 Å². The van der Waals surface area contributed by atoms with Crippen LogP contribution in [0.15, 0.2) is 4.99 Å². The molecular weight excluding hydrogens is 296 g/mol. The predicted octanol–water partition coefficient (Wildman–Crippen LogP) is 3.59. The van der Waals surface area contributed by atoms with E-state index in [2.05, 4.69) is 10.3 Å². The van der Waals surface area contributed by atoms with E-state index in [0.29, 0.717) is 26.1 Å². The summed E-state index contributed by atoms with van der Waals surface area (Å²) in [5.74, 6) is 0. The number of unbranched alkanes of at least 4 members (excludes halogenated alkanes) is 3. The molecule has 6 heteroatoms. The Bertz CT molecular complexity index is 383. The number of hydrogen-bond donors (Lipinski definition) is 1. The van der Waals surface area contributed by atoms with Gasteiger partial charge in [-0.2, -0.15) is 0 Å². The number of carbonyl (C=O) groups excluding carboxylic acids is 2. The van der Waals surface area contributed by atoms with Crippen LogP contribution in [0.3, 0.4) is 0 Å². The molecule has 0 aromatic carbocycles. The van der Waals surface area contributed by atoms with Crippen molar-refractivity contribution in [3.63, 3.8) is 0 Å².